The smallest absolute Gasteiger partial charge is 0.193 e. The van der Waals surface area contributed by atoms with Crippen LogP contribution in [0.5, 0.6) is 0 Å². The number of rotatable bonds is 5. The molecular formula is C24H37IN6. The molecule has 0 bridgehead atoms. The highest BCUT2D eigenvalue weighted by Crippen LogP contribution is 2.28. The Hall–Kier alpha value is -1.61. The van der Waals surface area contributed by atoms with Gasteiger partial charge < -0.3 is 14.8 Å². The number of likely N-dealkylation sites (tertiary alicyclic amines) is 2. The Morgan fingerprint density at radius 3 is 2.58 bits per heavy atom. The maximum Gasteiger partial charge on any atom is 0.193 e. The average molecular weight is 537 g/mol. The number of guanidine groups is 1. The molecule has 2 aromatic rings. The minimum atomic E-state index is 0. The number of hydrogen-bond acceptors (Lipinski definition) is 3. The van der Waals surface area contributed by atoms with Gasteiger partial charge in [0, 0.05) is 39.1 Å². The van der Waals surface area contributed by atoms with E-state index in [-0.39, 0.29) is 24.0 Å². The highest BCUT2D eigenvalue weighted by atomic mass is 127. The van der Waals surface area contributed by atoms with Gasteiger partial charge in [0.1, 0.15) is 0 Å². The van der Waals surface area contributed by atoms with Crippen LogP contribution in [0.15, 0.2) is 48.0 Å². The number of imidazole rings is 1. The molecule has 3 heterocycles. The number of nitrogens with zero attached hydrogens (tertiary/aromatic N) is 5. The normalized spacial score (nSPS) is 23.5. The summed E-state index contributed by atoms with van der Waals surface area (Å²) < 4.78 is 2.25. The van der Waals surface area contributed by atoms with Gasteiger partial charge >= 0.3 is 0 Å². The standard InChI is InChI=1S/C24H36N6.HI/c1-19-6-8-21(9-7-19)22(28-12-4-5-13-28)16-27-24(25-3)29-14-10-20(2)23(17-29)30-15-11-26-18-30;/h6-9,11,15,18,20,22-23H,4-5,10,12-14,16-17H2,1-3H3,(H,25,27);1H. The van der Waals surface area contributed by atoms with E-state index in [9.17, 15) is 0 Å². The Labute approximate surface area is 204 Å². The zero-order chi connectivity index (χ0) is 20.9. The molecule has 2 aliphatic rings. The van der Waals surface area contributed by atoms with Gasteiger partial charge in [-0.2, -0.15) is 0 Å². The molecule has 3 unspecified atom stereocenters. The summed E-state index contributed by atoms with van der Waals surface area (Å²) in [5, 5.41) is 3.72. The Balaban J connectivity index is 0.00000272. The fraction of sp³-hybridized carbons (Fsp3) is 0.583. The second-order valence-corrected chi connectivity index (χ2v) is 8.89. The summed E-state index contributed by atoms with van der Waals surface area (Å²) >= 11 is 0. The minimum Gasteiger partial charge on any atom is -0.354 e. The lowest BCUT2D eigenvalue weighted by atomic mass is 9.93. The number of aromatic nitrogens is 2. The van der Waals surface area contributed by atoms with Gasteiger partial charge in [-0.15, -0.1) is 24.0 Å². The first-order valence-corrected chi connectivity index (χ1v) is 11.4. The van der Waals surface area contributed by atoms with E-state index < -0.39 is 0 Å². The molecule has 7 heteroatoms. The van der Waals surface area contributed by atoms with E-state index in [1.807, 2.05) is 19.6 Å². The van der Waals surface area contributed by atoms with Gasteiger partial charge in [-0.1, -0.05) is 36.8 Å². The van der Waals surface area contributed by atoms with Gasteiger partial charge in [0.05, 0.1) is 18.4 Å². The SMILES string of the molecule is CN=C(NCC(c1ccc(C)cc1)N1CCCC1)N1CCC(C)C(n2ccnc2)C1.I. The summed E-state index contributed by atoms with van der Waals surface area (Å²) in [4.78, 5) is 13.9. The molecule has 6 nitrogen and oxygen atoms in total. The van der Waals surface area contributed by atoms with Crippen LogP contribution in [0.3, 0.4) is 0 Å². The third-order valence-electron chi connectivity index (χ3n) is 6.83. The molecule has 4 rings (SSSR count). The van der Waals surface area contributed by atoms with Crippen LogP contribution in [0, 0.1) is 12.8 Å². The van der Waals surface area contributed by atoms with Crippen molar-refractivity contribution in [3.8, 4) is 0 Å². The molecule has 1 N–H and O–H groups in total. The van der Waals surface area contributed by atoms with Crippen LogP contribution in [-0.4, -0.2) is 65.1 Å². The molecule has 1 aromatic heterocycles. The lowest BCUT2D eigenvalue weighted by molar-refractivity contribution is 0.186. The molecule has 3 atom stereocenters. The number of piperidine rings is 1. The molecule has 170 valence electrons. The van der Waals surface area contributed by atoms with Crippen LogP contribution in [-0.2, 0) is 0 Å². The van der Waals surface area contributed by atoms with E-state index in [0.29, 0.717) is 18.0 Å². The maximum atomic E-state index is 4.65. The number of nitrogens with one attached hydrogen (secondary N) is 1. The van der Waals surface area contributed by atoms with E-state index >= 15 is 0 Å². The van der Waals surface area contributed by atoms with Crippen molar-refractivity contribution in [1.29, 1.82) is 0 Å². The van der Waals surface area contributed by atoms with Crippen molar-refractivity contribution in [3.05, 3.63) is 54.1 Å². The highest BCUT2D eigenvalue weighted by molar-refractivity contribution is 14.0. The van der Waals surface area contributed by atoms with Crippen LogP contribution in [0.25, 0.3) is 0 Å². The van der Waals surface area contributed by atoms with Crippen molar-refractivity contribution in [2.45, 2.75) is 45.2 Å². The Morgan fingerprint density at radius 2 is 1.94 bits per heavy atom. The van der Waals surface area contributed by atoms with Crippen LogP contribution < -0.4 is 5.32 Å². The van der Waals surface area contributed by atoms with Gasteiger partial charge in [0.15, 0.2) is 5.96 Å². The van der Waals surface area contributed by atoms with Crippen molar-refractivity contribution in [2.24, 2.45) is 10.9 Å². The molecule has 2 aliphatic heterocycles. The van der Waals surface area contributed by atoms with Crippen LogP contribution >= 0.6 is 24.0 Å². The molecule has 0 radical (unpaired) electrons. The number of aryl methyl sites for hydroxylation is 1. The molecule has 0 aliphatic carbocycles. The van der Waals surface area contributed by atoms with Crippen LogP contribution in [0.4, 0.5) is 0 Å². The van der Waals surface area contributed by atoms with E-state index in [0.717, 1.165) is 32.0 Å². The fourth-order valence-corrected chi connectivity index (χ4v) is 4.91. The minimum absolute atomic E-state index is 0. The van der Waals surface area contributed by atoms with E-state index in [4.69, 9.17) is 0 Å². The number of benzene rings is 1. The molecule has 1 aromatic carbocycles. The molecule has 2 fully saturated rings. The molecule has 31 heavy (non-hydrogen) atoms. The van der Waals surface area contributed by atoms with Crippen molar-refractivity contribution in [2.75, 3.05) is 39.8 Å². The maximum absolute atomic E-state index is 4.65. The predicted molar refractivity (Wildman–Crippen MR) is 138 cm³/mol. The second kappa shape index (κ2) is 11.3. The third-order valence-corrected chi connectivity index (χ3v) is 6.83. The summed E-state index contributed by atoms with van der Waals surface area (Å²) in [6.45, 7) is 9.77. The highest BCUT2D eigenvalue weighted by Gasteiger charge is 2.30. The summed E-state index contributed by atoms with van der Waals surface area (Å²) in [5.41, 5.74) is 2.71. The van der Waals surface area contributed by atoms with Gasteiger partial charge in [0.2, 0.25) is 0 Å². The number of aliphatic imine (C=N–C) groups is 1. The Morgan fingerprint density at radius 1 is 1.19 bits per heavy atom. The Kier molecular flexibility index (Phi) is 8.77. The van der Waals surface area contributed by atoms with Crippen molar-refractivity contribution in [3.63, 3.8) is 0 Å². The molecule has 0 saturated carbocycles. The third kappa shape index (κ3) is 5.80. The summed E-state index contributed by atoms with van der Waals surface area (Å²) in [5.74, 6) is 1.65. The van der Waals surface area contributed by atoms with Crippen LogP contribution in [0.1, 0.15) is 49.4 Å². The van der Waals surface area contributed by atoms with E-state index in [1.54, 1.807) is 0 Å². The Bertz CT molecular complexity index is 813. The van der Waals surface area contributed by atoms with Crippen molar-refractivity contribution in [1.82, 2.24) is 24.7 Å². The van der Waals surface area contributed by atoms with E-state index in [1.165, 1.54) is 37.1 Å². The molecule has 2 saturated heterocycles. The van der Waals surface area contributed by atoms with Gasteiger partial charge in [0.25, 0.3) is 0 Å². The number of hydrogen-bond donors (Lipinski definition) is 1. The zero-order valence-corrected chi connectivity index (χ0v) is 21.4. The van der Waals surface area contributed by atoms with E-state index in [2.05, 4.69) is 74.0 Å². The lowest BCUT2D eigenvalue weighted by Crippen LogP contribution is -2.50. The quantitative estimate of drug-likeness (QED) is 0.355. The zero-order valence-electron chi connectivity index (χ0n) is 19.1. The number of halogens is 1. The first-order valence-electron chi connectivity index (χ1n) is 11.4. The van der Waals surface area contributed by atoms with Gasteiger partial charge in [-0.3, -0.25) is 9.89 Å². The average Bonchev–Trinajstić information content (AvgIpc) is 3.47. The van der Waals surface area contributed by atoms with Gasteiger partial charge in [-0.25, -0.2) is 4.98 Å². The first-order chi connectivity index (χ1) is 14.7. The molecule has 0 amide bonds. The van der Waals surface area contributed by atoms with Crippen molar-refractivity contribution < 1.29 is 0 Å². The molecule has 0 spiro atoms. The van der Waals surface area contributed by atoms with Crippen LogP contribution in [0.2, 0.25) is 0 Å². The monoisotopic (exact) mass is 536 g/mol. The molecular weight excluding hydrogens is 499 g/mol. The summed E-state index contributed by atoms with van der Waals surface area (Å²) in [6.07, 6.45) is 9.67. The lowest BCUT2D eigenvalue weighted by Gasteiger charge is -2.40. The summed E-state index contributed by atoms with van der Waals surface area (Å²) in [6, 6.07) is 9.87. The topological polar surface area (TPSA) is 48.7 Å². The first kappa shape index (κ1) is 24.0. The second-order valence-electron chi connectivity index (χ2n) is 8.89. The summed E-state index contributed by atoms with van der Waals surface area (Å²) in [7, 11) is 1.91. The van der Waals surface area contributed by atoms with Gasteiger partial charge in [-0.05, 0) is 50.8 Å². The largest absolute Gasteiger partial charge is 0.354 e. The van der Waals surface area contributed by atoms with Crippen molar-refractivity contribution >= 4 is 29.9 Å². The predicted octanol–water partition coefficient (Wildman–Crippen LogP) is 4.10. The fourth-order valence-electron chi connectivity index (χ4n) is 4.91.